The SMILES string of the molecule is COc1cc(Nc2nc(C(=N)c3ccc(N4CCN(C)CC4)cc3)ncc2Cl)cc(OC)c1OC. The molecular weight excluding hydrogens is 468 g/mol. The fourth-order valence-corrected chi connectivity index (χ4v) is 4.04. The zero-order valence-electron chi connectivity index (χ0n) is 20.3. The van der Waals surface area contributed by atoms with Gasteiger partial charge in [-0.2, -0.15) is 0 Å². The average Bonchev–Trinajstić information content (AvgIpc) is 2.89. The highest BCUT2D eigenvalue weighted by molar-refractivity contribution is 6.33. The van der Waals surface area contributed by atoms with Gasteiger partial charge in [0, 0.05) is 55.2 Å². The molecule has 9 nitrogen and oxygen atoms in total. The Morgan fingerprint density at radius 1 is 0.971 bits per heavy atom. The third-order valence-electron chi connectivity index (χ3n) is 5.92. The molecule has 1 fully saturated rings. The fourth-order valence-electron chi connectivity index (χ4n) is 3.90. The average molecular weight is 497 g/mol. The number of hydrogen-bond acceptors (Lipinski definition) is 9. The van der Waals surface area contributed by atoms with E-state index in [0.717, 1.165) is 37.4 Å². The van der Waals surface area contributed by atoms with Crippen LogP contribution >= 0.6 is 11.6 Å². The fraction of sp³-hybridized carbons (Fsp3) is 0.320. The maximum absolute atomic E-state index is 8.67. The van der Waals surface area contributed by atoms with E-state index in [2.05, 4.69) is 32.1 Å². The number of likely N-dealkylation sites (N-methyl/N-ethyl adjacent to an activating group) is 1. The van der Waals surface area contributed by atoms with Gasteiger partial charge in [0.15, 0.2) is 23.1 Å². The van der Waals surface area contributed by atoms with E-state index < -0.39 is 0 Å². The minimum absolute atomic E-state index is 0.208. The van der Waals surface area contributed by atoms with Crippen LogP contribution < -0.4 is 24.4 Å². The second-order valence-electron chi connectivity index (χ2n) is 8.14. The molecule has 1 aliphatic heterocycles. The molecule has 3 aromatic rings. The van der Waals surface area contributed by atoms with Crippen LogP contribution in [-0.2, 0) is 0 Å². The smallest absolute Gasteiger partial charge is 0.203 e. The molecule has 4 rings (SSSR count). The molecule has 2 heterocycles. The second-order valence-corrected chi connectivity index (χ2v) is 8.55. The van der Waals surface area contributed by atoms with Crippen LogP contribution in [0.4, 0.5) is 17.2 Å². The van der Waals surface area contributed by atoms with Gasteiger partial charge in [0.05, 0.1) is 27.5 Å². The predicted molar refractivity (Wildman–Crippen MR) is 139 cm³/mol. The van der Waals surface area contributed by atoms with Crippen LogP contribution in [0.3, 0.4) is 0 Å². The molecule has 0 radical (unpaired) electrons. The van der Waals surface area contributed by atoms with E-state index >= 15 is 0 Å². The van der Waals surface area contributed by atoms with E-state index in [4.69, 9.17) is 31.2 Å². The summed E-state index contributed by atoms with van der Waals surface area (Å²) in [5.74, 6) is 2.10. The van der Waals surface area contributed by atoms with Crippen molar-refractivity contribution in [2.75, 3.05) is 64.8 Å². The van der Waals surface area contributed by atoms with Crippen molar-refractivity contribution in [3.05, 3.63) is 59.0 Å². The van der Waals surface area contributed by atoms with Crippen LogP contribution in [-0.4, -0.2) is 75.1 Å². The Bertz CT molecular complexity index is 1170. The highest BCUT2D eigenvalue weighted by Gasteiger charge is 2.17. The minimum Gasteiger partial charge on any atom is -0.493 e. The molecule has 0 unspecified atom stereocenters. The number of halogens is 1. The Morgan fingerprint density at radius 2 is 1.60 bits per heavy atom. The summed E-state index contributed by atoms with van der Waals surface area (Å²) in [6.07, 6.45) is 1.48. The quantitative estimate of drug-likeness (QED) is 0.451. The Hall–Kier alpha value is -3.56. The zero-order valence-corrected chi connectivity index (χ0v) is 21.0. The van der Waals surface area contributed by atoms with E-state index in [-0.39, 0.29) is 11.5 Å². The summed E-state index contributed by atoms with van der Waals surface area (Å²) in [7, 11) is 6.78. The van der Waals surface area contributed by atoms with Crippen molar-refractivity contribution >= 4 is 34.5 Å². The maximum atomic E-state index is 8.67. The van der Waals surface area contributed by atoms with Gasteiger partial charge in [-0.3, -0.25) is 5.41 Å². The highest BCUT2D eigenvalue weighted by atomic mass is 35.5. The number of ether oxygens (including phenoxy) is 3. The van der Waals surface area contributed by atoms with E-state index in [9.17, 15) is 0 Å². The first-order chi connectivity index (χ1) is 16.9. The van der Waals surface area contributed by atoms with Crippen LogP contribution in [0.1, 0.15) is 11.4 Å². The summed E-state index contributed by atoms with van der Waals surface area (Å²) in [4.78, 5) is 13.5. The summed E-state index contributed by atoms with van der Waals surface area (Å²) in [5.41, 5.74) is 2.72. The molecule has 0 saturated carbocycles. The number of piperazine rings is 1. The van der Waals surface area contributed by atoms with Gasteiger partial charge >= 0.3 is 0 Å². The summed E-state index contributed by atoms with van der Waals surface area (Å²) < 4.78 is 16.2. The first-order valence-electron chi connectivity index (χ1n) is 11.2. The molecule has 0 aliphatic carbocycles. The summed E-state index contributed by atoms with van der Waals surface area (Å²) in [6, 6.07) is 11.4. The van der Waals surface area contributed by atoms with Gasteiger partial charge in [-0.05, 0) is 19.2 Å². The molecule has 35 heavy (non-hydrogen) atoms. The molecule has 1 aliphatic rings. The van der Waals surface area contributed by atoms with Crippen LogP contribution in [0.5, 0.6) is 17.2 Å². The van der Waals surface area contributed by atoms with Crippen molar-refractivity contribution in [3.63, 3.8) is 0 Å². The monoisotopic (exact) mass is 496 g/mol. The second kappa shape index (κ2) is 10.8. The summed E-state index contributed by atoms with van der Waals surface area (Å²) in [5, 5.41) is 12.2. The largest absolute Gasteiger partial charge is 0.493 e. The Balaban J connectivity index is 1.55. The van der Waals surface area contributed by atoms with Crippen molar-refractivity contribution in [2.45, 2.75) is 0 Å². The van der Waals surface area contributed by atoms with Gasteiger partial charge in [-0.25, -0.2) is 9.97 Å². The molecular formula is C25H29ClN6O3. The lowest BCUT2D eigenvalue weighted by Crippen LogP contribution is -2.44. The van der Waals surface area contributed by atoms with E-state index in [1.807, 2.05) is 24.3 Å². The number of aromatic nitrogens is 2. The minimum atomic E-state index is 0.208. The van der Waals surface area contributed by atoms with E-state index in [1.165, 1.54) is 6.20 Å². The highest BCUT2D eigenvalue weighted by Crippen LogP contribution is 2.41. The van der Waals surface area contributed by atoms with E-state index in [1.54, 1.807) is 33.5 Å². The normalized spacial score (nSPS) is 13.9. The van der Waals surface area contributed by atoms with Crippen molar-refractivity contribution in [1.82, 2.24) is 14.9 Å². The van der Waals surface area contributed by atoms with Gasteiger partial charge in [-0.1, -0.05) is 23.7 Å². The summed E-state index contributed by atoms with van der Waals surface area (Å²) in [6.45, 7) is 4.06. The molecule has 0 spiro atoms. The van der Waals surface area contributed by atoms with Gasteiger partial charge in [0.1, 0.15) is 10.7 Å². The van der Waals surface area contributed by atoms with Crippen LogP contribution in [0.15, 0.2) is 42.6 Å². The number of rotatable bonds is 8. The number of hydrogen-bond donors (Lipinski definition) is 2. The van der Waals surface area contributed by atoms with Crippen molar-refractivity contribution in [3.8, 4) is 17.2 Å². The Kier molecular flexibility index (Phi) is 7.57. The molecule has 0 atom stereocenters. The molecule has 10 heteroatoms. The molecule has 0 bridgehead atoms. The van der Waals surface area contributed by atoms with Crippen LogP contribution in [0, 0.1) is 5.41 Å². The van der Waals surface area contributed by atoms with Crippen LogP contribution in [0.25, 0.3) is 0 Å². The topological polar surface area (TPSA) is 95.8 Å². The molecule has 1 saturated heterocycles. The van der Waals surface area contributed by atoms with Gasteiger partial charge < -0.3 is 29.3 Å². The molecule has 2 N–H and O–H groups in total. The lowest BCUT2D eigenvalue weighted by Gasteiger charge is -2.34. The Labute approximate surface area is 210 Å². The lowest BCUT2D eigenvalue weighted by molar-refractivity contribution is 0.313. The number of anilines is 3. The first kappa shape index (κ1) is 24.6. The van der Waals surface area contributed by atoms with Crippen molar-refractivity contribution in [1.29, 1.82) is 5.41 Å². The van der Waals surface area contributed by atoms with Gasteiger partial charge in [0.25, 0.3) is 0 Å². The number of nitrogens with one attached hydrogen (secondary N) is 2. The van der Waals surface area contributed by atoms with Crippen molar-refractivity contribution < 1.29 is 14.2 Å². The lowest BCUT2D eigenvalue weighted by atomic mass is 10.1. The van der Waals surface area contributed by atoms with Gasteiger partial charge in [0.2, 0.25) is 5.75 Å². The first-order valence-corrected chi connectivity index (χ1v) is 11.5. The number of benzene rings is 2. The van der Waals surface area contributed by atoms with Gasteiger partial charge in [-0.15, -0.1) is 0 Å². The summed E-state index contributed by atoms with van der Waals surface area (Å²) >= 11 is 6.37. The molecule has 184 valence electrons. The Morgan fingerprint density at radius 3 is 2.17 bits per heavy atom. The van der Waals surface area contributed by atoms with Crippen molar-refractivity contribution in [2.24, 2.45) is 0 Å². The van der Waals surface area contributed by atoms with E-state index in [0.29, 0.717) is 33.8 Å². The van der Waals surface area contributed by atoms with Crippen LogP contribution in [0.2, 0.25) is 5.02 Å². The molecule has 0 amide bonds. The zero-order chi connectivity index (χ0) is 24.9. The third kappa shape index (κ3) is 5.41. The third-order valence-corrected chi connectivity index (χ3v) is 6.20. The predicted octanol–water partition coefficient (Wildman–Crippen LogP) is 4.07. The molecule has 2 aromatic carbocycles. The standard InChI is InChI=1S/C25H29ClN6O3/c1-31-9-11-32(12-10-31)18-7-5-16(6-8-18)22(27)25-28-15-19(26)24(30-25)29-17-13-20(33-2)23(35-4)21(14-17)34-3/h5-8,13-15,27H,9-12H2,1-4H3,(H,28,29,30). The maximum Gasteiger partial charge on any atom is 0.203 e. The molecule has 1 aromatic heterocycles. The number of methoxy groups -OCH3 is 3. The number of nitrogens with zero attached hydrogens (tertiary/aromatic N) is 4.